The van der Waals surface area contributed by atoms with E-state index >= 15 is 0 Å². The van der Waals surface area contributed by atoms with Crippen LogP contribution in [0.2, 0.25) is 0 Å². The first-order valence-corrected chi connectivity index (χ1v) is 11.7. The Kier molecular flexibility index (Phi) is 6.27. The Balaban J connectivity index is 0.000000360. The van der Waals surface area contributed by atoms with Crippen LogP contribution in [0.5, 0.6) is 0 Å². The zero-order chi connectivity index (χ0) is 22.0. The lowest BCUT2D eigenvalue weighted by Crippen LogP contribution is -2.15. The third-order valence-electron chi connectivity index (χ3n) is 3.45. The summed E-state index contributed by atoms with van der Waals surface area (Å²) in [6.45, 7) is 3.53. The van der Waals surface area contributed by atoms with Crippen LogP contribution in [0.25, 0.3) is 17.0 Å². The smallest absolute Gasteiger partial charge is 0.297 e. The van der Waals surface area contributed by atoms with Gasteiger partial charge in [-0.15, -0.1) is 0 Å². The van der Waals surface area contributed by atoms with Crippen molar-refractivity contribution in [2.24, 2.45) is 0 Å². The third kappa shape index (κ3) is 5.26. The highest BCUT2D eigenvalue weighted by Crippen LogP contribution is 2.35. The molecule has 0 fully saturated rings. The van der Waals surface area contributed by atoms with Crippen molar-refractivity contribution in [2.45, 2.75) is 14.7 Å². The first-order chi connectivity index (χ1) is 13.3. The summed E-state index contributed by atoms with van der Waals surface area (Å²) in [6, 6.07) is 5.69. The van der Waals surface area contributed by atoms with E-state index in [1.165, 1.54) is 18.2 Å². The predicted octanol–water partition coefficient (Wildman–Crippen LogP) is 1.56. The van der Waals surface area contributed by atoms with Crippen LogP contribution in [-0.4, -0.2) is 48.5 Å². The van der Waals surface area contributed by atoms with E-state index in [1.54, 1.807) is 23.3 Å². The molecule has 3 aromatic rings. The zero-order valence-corrected chi connectivity index (χ0v) is 16.8. The molecule has 156 valence electrons. The molecule has 3 N–H and O–H groups in total. The monoisotopic (exact) mass is 462 g/mol. The Bertz CT molecular complexity index is 1380. The van der Waals surface area contributed by atoms with Crippen molar-refractivity contribution in [1.29, 1.82) is 0 Å². The highest BCUT2D eigenvalue weighted by Gasteiger charge is 2.34. The maximum atomic E-state index is 11.5. The minimum Gasteiger partial charge on any atom is -0.314 e. The van der Waals surface area contributed by atoms with E-state index in [9.17, 15) is 29.8 Å². The van der Waals surface area contributed by atoms with Crippen LogP contribution in [0.15, 0.2) is 70.3 Å². The second-order valence-electron chi connectivity index (χ2n) is 5.37. The number of fused-ring (bicyclic) bond motifs is 1. The van der Waals surface area contributed by atoms with Crippen LogP contribution < -0.4 is 0 Å². The van der Waals surface area contributed by atoms with Gasteiger partial charge in [0.15, 0.2) is 0 Å². The SMILES string of the molecule is C=Cn1ccnc1.O=S(=O)(O)c1cc2ccccc2c(S(=O)(=O)O)c1S(=O)(=O)O. The average Bonchev–Trinajstić information content (AvgIpc) is 3.12. The Labute approximate surface area is 166 Å². The normalized spacial score (nSPS) is 12.2. The molecule has 0 atom stereocenters. The predicted molar refractivity (Wildman–Crippen MR) is 102 cm³/mol. The molecule has 0 aliphatic rings. The highest BCUT2D eigenvalue weighted by molar-refractivity contribution is 7.90. The van der Waals surface area contributed by atoms with Crippen molar-refractivity contribution in [3.8, 4) is 0 Å². The van der Waals surface area contributed by atoms with Crippen molar-refractivity contribution in [3.63, 3.8) is 0 Å². The van der Waals surface area contributed by atoms with Crippen LogP contribution in [0.3, 0.4) is 0 Å². The van der Waals surface area contributed by atoms with E-state index in [0.717, 1.165) is 6.07 Å². The molecular weight excluding hydrogens is 448 g/mol. The van der Waals surface area contributed by atoms with Crippen LogP contribution in [0, 0.1) is 0 Å². The summed E-state index contributed by atoms with van der Waals surface area (Å²) < 4.78 is 97.8. The second kappa shape index (κ2) is 8.02. The summed E-state index contributed by atoms with van der Waals surface area (Å²) in [5, 5.41) is -0.430. The van der Waals surface area contributed by atoms with E-state index in [2.05, 4.69) is 11.6 Å². The summed E-state index contributed by atoms with van der Waals surface area (Å²) in [5.74, 6) is 0. The second-order valence-corrected chi connectivity index (χ2v) is 9.48. The third-order valence-corrected chi connectivity index (χ3v) is 6.47. The number of aromatic nitrogens is 2. The maximum absolute atomic E-state index is 11.5. The Morgan fingerprint density at radius 1 is 0.897 bits per heavy atom. The molecule has 0 unspecified atom stereocenters. The lowest BCUT2D eigenvalue weighted by Gasteiger charge is -2.12. The number of hydrogen-bond donors (Lipinski definition) is 3. The summed E-state index contributed by atoms with van der Waals surface area (Å²) in [7, 11) is -15.8. The molecule has 0 bridgehead atoms. The fourth-order valence-electron chi connectivity index (χ4n) is 2.34. The summed E-state index contributed by atoms with van der Waals surface area (Å²) in [5.41, 5.74) is 0. The van der Waals surface area contributed by atoms with E-state index < -0.39 is 45.0 Å². The van der Waals surface area contributed by atoms with Gasteiger partial charge in [0, 0.05) is 24.0 Å². The first-order valence-electron chi connectivity index (χ1n) is 7.35. The van der Waals surface area contributed by atoms with Crippen molar-refractivity contribution in [2.75, 3.05) is 0 Å². The van der Waals surface area contributed by atoms with Crippen molar-refractivity contribution in [1.82, 2.24) is 9.55 Å². The number of benzene rings is 2. The lowest BCUT2D eigenvalue weighted by molar-refractivity contribution is 0.457. The average molecular weight is 462 g/mol. The Hall–Kier alpha value is -2.62. The van der Waals surface area contributed by atoms with E-state index in [1.807, 2.05) is 6.20 Å². The van der Waals surface area contributed by atoms with Crippen LogP contribution >= 0.6 is 0 Å². The summed E-state index contributed by atoms with van der Waals surface area (Å²) in [6.07, 6.45) is 6.91. The van der Waals surface area contributed by atoms with Crippen LogP contribution in [0.1, 0.15) is 0 Å². The van der Waals surface area contributed by atoms with Gasteiger partial charge in [0.05, 0.1) is 6.33 Å². The molecule has 2 aromatic carbocycles. The topological polar surface area (TPSA) is 181 Å². The minimum atomic E-state index is -5.40. The molecule has 1 aromatic heterocycles. The van der Waals surface area contributed by atoms with E-state index in [4.69, 9.17) is 9.11 Å². The van der Waals surface area contributed by atoms with Gasteiger partial charge in [-0.3, -0.25) is 13.7 Å². The highest BCUT2D eigenvalue weighted by atomic mass is 32.2. The molecular formula is C15H14N2O9S3. The van der Waals surface area contributed by atoms with Gasteiger partial charge in [0.1, 0.15) is 14.7 Å². The molecule has 1 heterocycles. The molecule has 11 nitrogen and oxygen atoms in total. The van der Waals surface area contributed by atoms with Crippen LogP contribution in [-0.2, 0) is 30.4 Å². The molecule has 0 saturated heterocycles. The fourth-order valence-corrected chi connectivity index (χ4v) is 5.75. The van der Waals surface area contributed by atoms with Gasteiger partial charge in [0.25, 0.3) is 30.4 Å². The quantitative estimate of drug-likeness (QED) is 0.481. The van der Waals surface area contributed by atoms with Gasteiger partial charge in [-0.2, -0.15) is 25.3 Å². The molecule has 0 spiro atoms. The van der Waals surface area contributed by atoms with Gasteiger partial charge >= 0.3 is 0 Å². The van der Waals surface area contributed by atoms with E-state index in [0.29, 0.717) is 6.07 Å². The molecule has 0 radical (unpaired) electrons. The number of hydrogen-bond acceptors (Lipinski definition) is 7. The summed E-state index contributed by atoms with van der Waals surface area (Å²) in [4.78, 5) is -0.522. The van der Waals surface area contributed by atoms with Gasteiger partial charge in [-0.05, 0) is 11.5 Å². The minimum absolute atomic E-state index is 0.0878. The zero-order valence-electron chi connectivity index (χ0n) is 14.3. The van der Waals surface area contributed by atoms with E-state index in [-0.39, 0.29) is 10.8 Å². The molecule has 0 saturated carbocycles. The van der Waals surface area contributed by atoms with Crippen molar-refractivity contribution in [3.05, 3.63) is 55.6 Å². The van der Waals surface area contributed by atoms with Gasteiger partial charge in [0.2, 0.25) is 0 Å². The lowest BCUT2D eigenvalue weighted by atomic mass is 10.1. The van der Waals surface area contributed by atoms with Crippen molar-refractivity contribution < 1.29 is 38.9 Å². The van der Waals surface area contributed by atoms with Crippen LogP contribution in [0.4, 0.5) is 0 Å². The molecule has 0 aliphatic heterocycles. The number of nitrogens with zero attached hydrogens (tertiary/aromatic N) is 2. The molecule has 29 heavy (non-hydrogen) atoms. The van der Waals surface area contributed by atoms with Gasteiger partial charge in [-0.1, -0.05) is 30.8 Å². The molecule has 0 aliphatic carbocycles. The fraction of sp³-hybridized carbons (Fsp3) is 0. The summed E-state index contributed by atoms with van der Waals surface area (Å²) >= 11 is 0. The largest absolute Gasteiger partial charge is 0.314 e. The number of imidazole rings is 1. The molecule has 3 rings (SSSR count). The molecule has 14 heteroatoms. The first kappa shape index (κ1) is 22.7. The maximum Gasteiger partial charge on any atom is 0.297 e. The van der Waals surface area contributed by atoms with Gasteiger partial charge in [-0.25, -0.2) is 4.98 Å². The van der Waals surface area contributed by atoms with Gasteiger partial charge < -0.3 is 4.57 Å². The number of rotatable bonds is 4. The standard InChI is InChI=1S/C10H8O9S3.C5H6N2/c11-20(12,13)8-5-6-3-1-2-4-7(6)9(21(14,15)16)10(8)22(17,18)19;1-2-7-4-3-6-5-7/h1-5H,(H,11,12,13)(H,14,15,16)(H,17,18,19);2-5H,1H2. The Morgan fingerprint density at radius 2 is 1.48 bits per heavy atom. The molecule has 0 amide bonds. The van der Waals surface area contributed by atoms with Crippen molar-refractivity contribution >= 4 is 47.3 Å². The Morgan fingerprint density at radius 3 is 1.90 bits per heavy atom.